The van der Waals surface area contributed by atoms with Crippen molar-refractivity contribution in [3.05, 3.63) is 65.6 Å². The fourth-order valence-electron chi connectivity index (χ4n) is 8.37. The fourth-order valence-corrected chi connectivity index (χ4v) is 8.37. The predicted octanol–water partition coefficient (Wildman–Crippen LogP) is 6.36. The Labute approximate surface area is 349 Å². The molecular formula is C42H67N8O3Y-. The van der Waals surface area contributed by atoms with Gasteiger partial charge in [0.15, 0.2) is 17.7 Å². The number of nitrogens with zero attached hydrogens (tertiary/aromatic N) is 4. The van der Waals surface area contributed by atoms with E-state index in [9.17, 15) is 9.59 Å². The van der Waals surface area contributed by atoms with E-state index in [4.69, 9.17) is 27.4 Å². The van der Waals surface area contributed by atoms with Gasteiger partial charge in [0, 0.05) is 65.8 Å². The first-order valence-electron chi connectivity index (χ1n) is 19.6. The van der Waals surface area contributed by atoms with Crippen LogP contribution in [0.4, 0.5) is 0 Å². The molecule has 1 heterocycles. The van der Waals surface area contributed by atoms with Crippen LogP contribution in [0.5, 0.6) is 0 Å². The molecule has 8 N–H and O–H groups in total. The fraction of sp³-hybridized carbons (Fsp3) is 0.643. The Morgan fingerprint density at radius 3 is 1.70 bits per heavy atom. The van der Waals surface area contributed by atoms with Crippen LogP contribution in [0.1, 0.15) is 132 Å². The topological polar surface area (TPSA) is 183 Å². The van der Waals surface area contributed by atoms with Gasteiger partial charge in [-0.3, -0.25) is 26.6 Å². The van der Waals surface area contributed by atoms with Gasteiger partial charge < -0.3 is 37.2 Å². The second-order valence-electron chi connectivity index (χ2n) is 17.3. The smallest absolute Gasteiger partial charge is 0.260 e. The van der Waals surface area contributed by atoms with E-state index in [1.165, 1.54) is 46.3 Å². The maximum Gasteiger partial charge on any atom is 0.260 e. The second-order valence-corrected chi connectivity index (χ2v) is 17.3. The van der Waals surface area contributed by atoms with Crippen molar-refractivity contribution >= 4 is 23.7 Å². The van der Waals surface area contributed by atoms with E-state index in [2.05, 4.69) is 68.7 Å². The molecule has 0 atom stereocenters. The summed E-state index contributed by atoms with van der Waals surface area (Å²) in [6, 6.07) is 8.18. The number of aryl methyl sites for hydroxylation is 1. The molecule has 12 heteroatoms. The summed E-state index contributed by atoms with van der Waals surface area (Å²) in [6.07, 6.45) is 12.8. The summed E-state index contributed by atoms with van der Waals surface area (Å²) in [5, 5.41) is 0. The standard InChI is InChI=1S/C27H44N4O.C15H23N4O2.Y/c1-18-13-23-24(27(5,6)12-11-26(23,3)4)14-22(18)17-31(19(2)32)16-21-9-7-20(8-10-21)15-30-25(28)29;1-19(14(20)13-3-2-8-21-13)10-12-6-4-11(5-7-12)9-18-15(16)17;/h13-14,20-21H,7-12,15-17H2,1-6H3,(H4,28,29,30);2-3,8,11-12H,1,4-7,9-10H2,(H4,16,17,18);/q;-1;. The number of rotatable bonds is 11. The Balaban J connectivity index is 0.000000310. The number of furan rings is 1. The van der Waals surface area contributed by atoms with E-state index < -0.39 is 0 Å². The van der Waals surface area contributed by atoms with Crippen LogP contribution in [0.3, 0.4) is 0 Å². The first kappa shape index (κ1) is 45.5. The van der Waals surface area contributed by atoms with Crippen LogP contribution in [-0.4, -0.2) is 59.7 Å². The van der Waals surface area contributed by atoms with Crippen molar-refractivity contribution in [1.29, 1.82) is 0 Å². The zero-order valence-electron chi connectivity index (χ0n) is 33.9. The molecule has 5 rings (SSSR count). The first-order valence-corrected chi connectivity index (χ1v) is 19.6. The number of carbonyl (C=O) groups is 2. The summed E-state index contributed by atoms with van der Waals surface area (Å²) >= 11 is 0. The van der Waals surface area contributed by atoms with Gasteiger partial charge in [0.1, 0.15) is 0 Å². The molecule has 2 fully saturated rings. The van der Waals surface area contributed by atoms with Crippen molar-refractivity contribution < 1.29 is 46.7 Å². The molecule has 0 bridgehead atoms. The zero-order chi connectivity index (χ0) is 38.9. The monoisotopic (exact) mass is 820 g/mol. The molecule has 1 aromatic heterocycles. The van der Waals surface area contributed by atoms with Gasteiger partial charge in [-0.15, -0.1) is 0 Å². The Morgan fingerprint density at radius 1 is 0.796 bits per heavy atom. The van der Waals surface area contributed by atoms with Gasteiger partial charge >= 0.3 is 0 Å². The number of amides is 2. The molecule has 0 spiro atoms. The van der Waals surface area contributed by atoms with Crippen LogP contribution in [0.2, 0.25) is 0 Å². The minimum Gasteiger partial charge on any atom is -0.489 e. The molecule has 11 nitrogen and oxygen atoms in total. The van der Waals surface area contributed by atoms with Gasteiger partial charge in [-0.1, -0.05) is 39.8 Å². The second kappa shape index (κ2) is 20.3. The van der Waals surface area contributed by atoms with Gasteiger partial charge in [-0.2, -0.15) is 0 Å². The van der Waals surface area contributed by atoms with E-state index >= 15 is 0 Å². The van der Waals surface area contributed by atoms with Gasteiger partial charge in [0.2, 0.25) is 5.91 Å². The Bertz CT molecular complexity index is 1560. The van der Waals surface area contributed by atoms with Crippen molar-refractivity contribution in [3.63, 3.8) is 0 Å². The van der Waals surface area contributed by atoms with Gasteiger partial charge in [-0.05, 0) is 147 Å². The maximum absolute atomic E-state index is 12.6. The zero-order valence-corrected chi connectivity index (χ0v) is 36.7. The van der Waals surface area contributed by atoms with Crippen LogP contribution >= 0.6 is 0 Å². The minimum absolute atomic E-state index is 0. The largest absolute Gasteiger partial charge is 0.489 e. The van der Waals surface area contributed by atoms with Crippen LogP contribution in [0.25, 0.3) is 0 Å². The maximum atomic E-state index is 12.6. The molecule has 1 radical (unpaired) electrons. The summed E-state index contributed by atoms with van der Waals surface area (Å²) in [6.45, 7) is 17.0. The normalized spacial score (nSPS) is 22.6. The van der Waals surface area contributed by atoms with Crippen LogP contribution in [0.15, 0.2) is 44.9 Å². The molecule has 2 saturated carbocycles. The van der Waals surface area contributed by atoms with E-state index in [0.717, 1.165) is 64.5 Å². The SMILES string of the molecule is CC(=O)N(Cc1cc2c(cc1C)C(C)(C)CCC2(C)C)CC1CCC(CN=C(N)N)CC1.[CH2-]N(CC1CCC(CN=C(N)N)CC1)C(=O)c1ccco1.[Y]. The Kier molecular flexibility index (Phi) is 17.1. The summed E-state index contributed by atoms with van der Waals surface area (Å²) in [5.41, 5.74) is 27.6. The number of aliphatic imine (C=N–C) groups is 2. The van der Waals surface area contributed by atoms with E-state index in [1.807, 2.05) is 0 Å². The first-order chi connectivity index (χ1) is 24.9. The number of fused-ring (bicyclic) bond motifs is 1. The summed E-state index contributed by atoms with van der Waals surface area (Å²) in [4.78, 5) is 36.5. The number of nitrogens with two attached hydrogens (primary N) is 4. The van der Waals surface area contributed by atoms with Crippen molar-refractivity contribution in [1.82, 2.24) is 9.80 Å². The average Bonchev–Trinajstić information content (AvgIpc) is 3.65. The minimum atomic E-state index is -0.164. The molecular weight excluding hydrogens is 753 g/mol. The number of hydrogen-bond acceptors (Lipinski definition) is 5. The molecule has 3 aliphatic carbocycles. The van der Waals surface area contributed by atoms with Crippen LogP contribution < -0.4 is 22.9 Å². The predicted molar refractivity (Wildman–Crippen MR) is 215 cm³/mol. The average molecular weight is 821 g/mol. The third-order valence-corrected chi connectivity index (χ3v) is 12.1. The van der Waals surface area contributed by atoms with Crippen molar-refractivity contribution in [3.8, 4) is 0 Å². The third kappa shape index (κ3) is 13.1. The van der Waals surface area contributed by atoms with Gasteiger partial charge in [0.05, 0.1) is 6.26 Å². The number of carbonyl (C=O) groups excluding carboxylic acids is 2. The van der Waals surface area contributed by atoms with E-state index in [0.29, 0.717) is 49.1 Å². The number of hydrogen-bond donors (Lipinski definition) is 4. The summed E-state index contributed by atoms with van der Waals surface area (Å²) in [5.74, 6) is 2.83. The quantitative estimate of drug-likeness (QED) is 0.116. The Hall–Kier alpha value is -2.92. The van der Waals surface area contributed by atoms with E-state index in [-0.39, 0.29) is 67.3 Å². The molecule has 3 aliphatic rings. The number of guanidine groups is 2. The molecule has 297 valence electrons. The van der Waals surface area contributed by atoms with Crippen LogP contribution in [0, 0.1) is 37.6 Å². The van der Waals surface area contributed by atoms with Gasteiger partial charge in [-0.25, -0.2) is 0 Å². The molecule has 0 saturated heterocycles. The third-order valence-electron chi connectivity index (χ3n) is 12.1. The molecule has 0 unspecified atom stereocenters. The molecule has 0 aliphatic heterocycles. The van der Waals surface area contributed by atoms with Crippen LogP contribution in [-0.2, 0) is 54.9 Å². The van der Waals surface area contributed by atoms with Crippen molar-refractivity contribution in [2.45, 2.75) is 123 Å². The molecule has 1 aromatic carbocycles. The summed E-state index contributed by atoms with van der Waals surface area (Å²) in [7, 11) is 3.84. The van der Waals surface area contributed by atoms with Crippen molar-refractivity contribution in [2.24, 2.45) is 56.6 Å². The Morgan fingerprint density at radius 2 is 1.26 bits per heavy atom. The van der Waals surface area contributed by atoms with Gasteiger partial charge in [0.25, 0.3) is 5.91 Å². The molecule has 2 amide bonds. The van der Waals surface area contributed by atoms with Crippen molar-refractivity contribution in [2.75, 3.05) is 26.2 Å². The molecule has 54 heavy (non-hydrogen) atoms. The molecule has 2 aromatic rings. The van der Waals surface area contributed by atoms with E-state index in [1.54, 1.807) is 19.1 Å². The number of benzene rings is 1. The summed E-state index contributed by atoms with van der Waals surface area (Å²) < 4.78 is 5.11.